The van der Waals surface area contributed by atoms with Gasteiger partial charge in [0.25, 0.3) is 5.91 Å². The van der Waals surface area contributed by atoms with Crippen molar-refractivity contribution in [1.82, 2.24) is 9.88 Å². The van der Waals surface area contributed by atoms with E-state index in [9.17, 15) is 19.2 Å². The summed E-state index contributed by atoms with van der Waals surface area (Å²) in [5.74, 6) is -0.00825. The first kappa shape index (κ1) is 27.6. The molecule has 1 aromatic heterocycles. The molecule has 222 valence electrons. The van der Waals surface area contributed by atoms with Crippen LogP contribution in [0.5, 0.6) is 5.75 Å². The molecule has 8 nitrogen and oxygen atoms in total. The molecule has 2 bridgehead atoms. The minimum atomic E-state index is -0.342. The van der Waals surface area contributed by atoms with Crippen molar-refractivity contribution in [3.05, 3.63) is 73.1 Å². The largest absolute Gasteiger partial charge is 0.484 e. The molecule has 4 heterocycles. The zero-order chi connectivity index (χ0) is 29.4. The average Bonchev–Trinajstić information content (AvgIpc) is 3.76. The number of nitrogens with zero attached hydrogens (tertiary/aromatic N) is 2. The number of benzene rings is 2. The molecule has 2 aliphatic carbocycles. The Balaban J connectivity index is 1.08. The van der Waals surface area contributed by atoms with E-state index >= 15 is 0 Å². The number of likely N-dealkylation sites (tertiary alicyclic amines) is 1. The van der Waals surface area contributed by atoms with Crippen molar-refractivity contribution in [2.45, 2.75) is 41.9 Å². The molecule has 2 aromatic carbocycles. The number of imide groups is 1. The number of hydrogen-bond acceptors (Lipinski definition) is 7. The van der Waals surface area contributed by atoms with Crippen molar-refractivity contribution < 1.29 is 19.1 Å². The molecule has 5 aliphatic rings. The molecule has 43 heavy (non-hydrogen) atoms. The van der Waals surface area contributed by atoms with Crippen LogP contribution in [0.25, 0.3) is 0 Å². The van der Waals surface area contributed by atoms with Crippen LogP contribution in [0.3, 0.4) is 0 Å². The summed E-state index contributed by atoms with van der Waals surface area (Å²) in [6.45, 7) is 1.61. The number of anilines is 1. The number of thioether (sulfide) groups is 1. The lowest BCUT2D eigenvalue weighted by atomic mass is 9.68. The van der Waals surface area contributed by atoms with E-state index in [1.807, 2.05) is 53.4 Å². The Hall–Kier alpha value is -2.89. The molecule has 4 fully saturated rings. The maximum absolute atomic E-state index is 13.9. The Labute approximate surface area is 265 Å². The highest BCUT2D eigenvalue weighted by molar-refractivity contribution is 9.10. The van der Waals surface area contributed by atoms with Gasteiger partial charge in [-0.15, -0.1) is 11.8 Å². The molecule has 6 unspecified atom stereocenters. The van der Waals surface area contributed by atoms with Crippen LogP contribution in [-0.2, 0) is 14.4 Å². The molecule has 0 radical (unpaired) electrons. The lowest BCUT2D eigenvalue weighted by molar-refractivity contribution is -0.134. The van der Waals surface area contributed by atoms with Crippen molar-refractivity contribution >= 4 is 62.4 Å². The maximum atomic E-state index is 13.9. The number of carbonyl (C=O) groups excluding carboxylic acids is 3. The SMILES string of the molecule is O=C(COc1ccc([C@H]2c3sc(=O)[nH]c3SC3C4CC(C5C(=O)N(c6ccc(Br)cc6)C(=O)C45)C32)cc1)N1CCCCC1. The lowest BCUT2D eigenvalue weighted by Crippen LogP contribution is -2.42. The highest BCUT2D eigenvalue weighted by atomic mass is 79.9. The first-order chi connectivity index (χ1) is 20.9. The third-order valence-corrected chi connectivity index (χ3v) is 13.2. The van der Waals surface area contributed by atoms with E-state index in [4.69, 9.17) is 4.74 Å². The molecule has 1 N–H and O–H groups in total. The number of piperidine rings is 1. The van der Waals surface area contributed by atoms with Gasteiger partial charge in [-0.05, 0) is 85.4 Å². The summed E-state index contributed by atoms with van der Waals surface area (Å²) in [6.07, 6.45) is 4.10. The Morgan fingerprint density at radius 3 is 2.35 bits per heavy atom. The summed E-state index contributed by atoms with van der Waals surface area (Å²) in [5.41, 5.74) is 1.68. The van der Waals surface area contributed by atoms with E-state index in [1.54, 1.807) is 11.8 Å². The first-order valence-electron chi connectivity index (χ1n) is 14.9. The van der Waals surface area contributed by atoms with Gasteiger partial charge in [0.15, 0.2) is 6.61 Å². The number of aromatic nitrogens is 1. The Morgan fingerprint density at radius 2 is 1.63 bits per heavy atom. The molecule has 8 rings (SSSR count). The van der Waals surface area contributed by atoms with Crippen LogP contribution < -0.4 is 14.5 Å². The van der Waals surface area contributed by atoms with Gasteiger partial charge < -0.3 is 14.6 Å². The number of thiazole rings is 1. The number of carbonyl (C=O) groups is 3. The molecule has 3 aliphatic heterocycles. The second-order valence-corrected chi connectivity index (χ2v) is 15.4. The number of aromatic amines is 1. The van der Waals surface area contributed by atoms with Gasteiger partial charge >= 0.3 is 4.87 Å². The van der Waals surface area contributed by atoms with Crippen LogP contribution in [-0.4, -0.2) is 52.6 Å². The van der Waals surface area contributed by atoms with E-state index in [2.05, 4.69) is 20.9 Å². The van der Waals surface area contributed by atoms with Gasteiger partial charge in [-0.25, -0.2) is 0 Å². The number of ether oxygens (including phenoxy) is 1. The summed E-state index contributed by atoms with van der Waals surface area (Å²) >= 11 is 6.38. The summed E-state index contributed by atoms with van der Waals surface area (Å²) in [5, 5.41) is 1.02. The highest BCUT2D eigenvalue weighted by Gasteiger charge is 2.69. The second-order valence-electron chi connectivity index (χ2n) is 12.2. The predicted octanol–water partition coefficient (Wildman–Crippen LogP) is 5.27. The first-order valence-corrected chi connectivity index (χ1v) is 17.4. The standard InChI is InChI=1S/C32H30BrN3O5S2/c33-17-6-8-18(9-7-17)36-30(38)25-20-14-21(26(25)31(36)39)27-24(20)23(28-29(42-27)34-32(40)43-28)16-4-10-19(11-5-16)41-15-22(37)35-12-2-1-3-13-35/h4-11,20-21,23-27H,1-3,12-15H2,(H,34,40)/t20?,21?,23-,24?,25?,26?,27?/m1/s1. The lowest BCUT2D eigenvalue weighted by Gasteiger charge is -2.43. The van der Waals surface area contributed by atoms with Crippen LogP contribution in [0.4, 0.5) is 5.69 Å². The van der Waals surface area contributed by atoms with Crippen molar-refractivity contribution in [3.8, 4) is 5.75 Å². The van der Waals surface area contributed by atoms with Gasteiger partial charge in [0.2, 0.25) is 11.8 Å². The molecule has 2 saturated heterocycles. The second kappa shape index (κ2) is 10.6. The predicted molar refractivity (Wildman–Crippen MR) is 167 cm³/mol. The van der Waals surface area contributed by atoms with Crippen molar-refractivity contribution in [3.63, 3.8) is 0 Å². The fourth-order valence-electron chi connectivity index (χ4n) is 8.39. The quantitative estimate of drug-likeness (QED) is 0.369. The van der Waals surface area contributed by atoms with Crippen LogP contribution in [0.1, 0.15) is 42.0 Å². The number of rotatable bonds is 5. The fraction of sp³-hybridized carbons (Fsp3) is 0.438. The third-order valence-electron chi connectivity index (χ3n) is 10.1. The monoisotopic (exact) mass is 679 g/mol. The summed E-state index contributed by atoms with van der Waals surface area (Å²) < 4.78 is 6.77. The van der Waals surface area contributed by atoms with Crippen molar-refractivity contribution in [2.24, 2.45) is 29.6 Å². The van der Waals surface area contributed by atoms with Gasteiger partial charge in [0, 0.05) is 33.6 Å². The molecular formula is C32H30BrN3O5S2. The summed E-state index contributed by atoms with van der Waals surface area (Å²) in [6, 6.07) is 15.2. The molecule has 3 amide bonds. The van der Waals surface area contributed by atoms with Gasteiger partial charge in [-0.3, -0.25) is 24.1 Å². The minimum Gasteiger partial charge on any atom is -0.484 e. The zero-order valence-electron chi connectivity index (χ0n) is 23.2. The molecule has 2 saturated carbocycles. The van der Waals surface area contributed by atoms with Crippen LogP contribution in [0.15, 0.2) is 62.8 Å². The van der Waals surface area contributed by atoms with Crippen LogP contribution >= 0.6 is 39.0 Å². The fourth-order valence-corrected chi connectivity index (χ4v) is 11.5. The Bertz CT molecular complexity index is 1670. The average molecular weight is 681 g/mol. The van der Waals surface area contributed by atoms with Crippen molar-refractivity contribution in [1.29, 1.82) is 0 Å². The molecule has 3 aromatic rings. The topological polar surface area (TPSA) is 99.8 Å². The summed E-state index contributed by atoms with van der Waals surface area (Å²) in [4.78, 5) is 60.1. The number of halogens is 1. The number of fused-ring (bicyclic) bond motifs is 9. The van der Waals surface area contributed by atoms with E-state index < -0.39 is 0 Å². The molecule has 11 heteroatoms. The number of nitrogens with one attached hydrogen (secondary N) is 1. The van der Waals surface area contributed by atoms with Gasteiger partial charge in [0.1, 0.15) is 5.75 Å². The van der Waals surface area contributed by atoms with Crippen molar-refractivity contribution in [2.75, 3.05) is 24.6 Å². The van der Waals surface area contributed by atoms with Gasteiger partial charge in [0.05, 0.1) is 22.5 Å². The van der Waals surface area contributed by atoms with Gasteiger partial charge in [-0.2, -0.15) is 0 Å². The van der Waals surface area contributed by atoms with E-state index in [-0.39, 0.29) is 70.0 Å². The highest BCUT2D eigenvalue weighted by Crippen LogP contribution is 2.68. The van der Waals surface area contributed by atoms with Gasteiger partial charge in [-0.1, -0.05) is 39.4 Å². The number of amides is 3. The smallest absolute Gasteiger partial charge is 0.305 e. The Kier molecular flexibility index (Phi) is 6.83. The van der Waals surface area contributed by atoms with E-state index in [0.29, 0.717) is 11.4 Å². The maximum Gasteiger partial charge on any atom is 0.305 e. The normalized spacial score (nSPS) is 30.8. The Morgan fingerprint density at radius 1 is 0.930 bits per heavy atom. The number of H-pyrrole nitrogens is 1. The number of hydrogen-bond donors (Lipinski definition) is 1. The third kappa shape index (κ3) is 4.44. The van der Waals surface area contributed by atoms with Crippen LogP contribution in [0, 0.1) is 29.6 Å². The minimum absolute atomic E-state index is 0.0159. The summed E-state index contributed by atoms with van der Waals surface area (Å²) in [7, 11) is 0. The molecule has 7 atom stereocenters. The van der Waals surface area contributed by atoms with E-state index in [0.717, 1.165) is 52.3 Å². The van der Waals surface area contributed by atoms with E-state index in [1.165, 1.54) is 22.7 Å². The molecule has 0 spiro atoms. The van der Waals surface area contributed by atoms with Crippen LogP contribution in [0.2, 0.25) is 0 Å². The molecular weight excluding hydrogens is 650 g/mol. The zero-order valence-corrected chi connectivity index (χ0v) is 26.5.